The number of rotatable bonds is 2. The second-order valence-electron chi connectivity index (χ2n) is 3.59. The summed E-state index contributed by atoms with van der Waals surface area (Å²) < 4.78 is 3.11. The fourth-order valence-electron chi connectivity index (χ4n) is 1.83. The van der Waals surface area contributed by atoms with E-state index in [1.807, 2.05) is 6.20 Å². The van der Waals surface area contributed by atoms with Gasteiger partial charge in [0.25, 0.3) is 0 Å². The Kier molecular flexibility index (Phi) is 3.20. The van der Waals surface area contributed by atoms with E-state index in [0.29, 0.717) is 12.6 Å². The van der Waals surface area contributed by atoms with E-state index in [9.17, 15) is 0 Å². The molecule has 0 spiro atoms. The molecule has 1 fully saturated rings. The summed E-state index contributed by atoms with van der Waals surface area (Å²) in [6.45, 7) is 2.70. The van der Waals surface area contributed by atoms with Gasteiger partial charge in [0.05, 0.1) is 12.2 Å². The van der Waals surface area contributed by atoms with Crippen molar-refractivity contribution in [3.8, 4) is 0 Å². The van der Waals surface area contributed by atoms with E-state index in [1.165, 1.54) is 0 Å². The molecule has 0 atom stereocenters. The SMILES string of the molecule is NCc1cnn(C2CCNCC2)c1Br. The molecule has 0 radical (unpaired) electrons. The molecule has 5 heteroatoms. The maximum absolute atomic E-state index is 5.60. The minimum Gasteiger partial charge on any atom is -0.326 e. The van der Waals surface area contributed by atoms with Crippen LogP contribution in [0.5, 0.6) is 0 Å². The van der Waals surface area contributed by atoms with Crippen LogP contribution in [-0.2, 0) is 6.54 Å². The summed E-state index contributed by atoms with van der Waals surface area (Å²) in [6, 6.07) is 0.519. The molecule has 0 bridgehead atoms. The van der Waals surface area contributed by atoms with Crippen LogP contribution >= 0.6 is 15.9 Å². The minimum absolute atomic E-state index is 0.519. The van der Waals surface area contributed by atoms with Crippen LogP contribution in [0.15, 0.2) is 10.8 Å². The number of halogens is 1. The molecule has 0 unspecified atom stereocenters. The van der Waals surface area contributed by atoms with Gasteiger partial charge >= 0.3 is 0 Å². The van der Waals surface area contributed by atoms with Gasteiger partial charge in [-0.25, -0.2) is 0 Å². The van der Waals surface area contributed by atoms with Crippen LogP contribution in [0.3, 0.4) is 0 Å². The van der Waals surface area contributed by atoms with E-state index >= 15 is 0 Å². The highest BCUT2D eigenvalue weighted by Gasteiger charge is 2.18. The first-order valence-corrected chi connectivity index (χ1v) is 5.75. The minimum atomic E-state index is 0.519. The van der Waals surface area contributed by atoms with Crippen molar-refractivity contribution in [2.24, 2.45) is 5.73 Å². The number of nitrogens with one attached hydrogen (secondary N) is 1. The van der Waals surface area contributed by atoms with Gasteiger partial charge in [0.15, 0.2) is 0 Å². The maximum Gasteiger partial charge on any atom is 0.108 e. The van der Waals surface area contributed by atoms with Crippen molar-refractivity contribution in [3.05, 3.63) is 16.4 Å². The zero-order chi connectivity index (χ0) is 9.97. The van der Waals surface area contributed by atoms with E-state index in [1.54, 1.807) is 0 Å². The van der Waals surface area contributed by atoms with Crippen LogP contribution in [0.4, 0.5) is 0 Å². The fourth-order valence-corrected chi connectivity index (χ4v) is 2.47. The molecule has 78 valence electrons. The number of nitrogens with zero attached hydrogens (tertiary/aromatic N) is 2. The molecule has 0 saturated carbocycles. The highest BCUT2D eigenvalue weighted by atomic mass is 79.9. The van der Waals surface area contributed by atoms with Crippen LogP contribution in [0, 0.1) is 0 Å². The first-order valence-electron chi connectivity index (χ1n) is 4.95. The largest absolute Gasteiger partial charge is 0.326 e. The van der Waals surface area contributed by atoms with Crippen LogP contribution in [0.25, 0.3) is 0 Å². The lowest BCUT2D eigenvalue weighted by atomic mass is 10.1. The second kappa shape index (κ2) is 4.42. The first kappa shape index (κ1) is 10.1. The zero-order valence-electron chi connectivity index (χ0n) is 8.04. The Bertz CT molecular complexity index is 304. The van der Waals surface area contributed by atoms with E-state index in [4.69, 9.17) is 5.73 Å². The Hall–Kier alpha value is -0.390. The standard InChI is InChI=1S/C9H15BrN4/c10-9-7(5-11)6-13-14(9)8-1-3-12-4-2-8/h6,8,12H,1-5,11H2. The molecule has 2 rings (SSSR count). The molecule has 1 aromatic heterocycles. The molecule has 14 heavy (non-hydrogen) atoms. The van der Waals surface area contributed by atoms with Crippen LogP contribution in [0.1, 0.15) is 24.4 Å². The van der Waals surface area contributed by atoms with Gasteiger partial charge in [0.1, 0.15) is 4.60 Å². The molecule has 1 aliphatic heterocycles. The Morgan fingerprint density at radius 1 is 1.57 bits per heavy atom. The van der Waals surface area contributed by atoms with Gasteiger partial charge in [-0.3, -0.25) is 4.68 Å². The van der Waals surface area contributed by atoms with Crippen molar-refractivity contribution < 1.29 is 0 Å². The van der Waals surface area contributed by atoms with Gasteiger partial charge < -0.3 is 11.1 Å². The summed E-state index contributed by atoms with van der Waals surface area (Å²) in [6.07, 6.45) is 4.14. The van der Waals surface area contributed by atoms with Gasteiger partial charge in [0, 0.05) is 12.1 Å². The van der Waals surface area contributed by atoms with E-state index < -0.39 is 0 Å². The highest BCUT2D eigenvalue weighted by molar-refractivity contribution is 9.10. The Labute approximate surface area is 92.0 Å². The van der Waals surface area contributed by atoms with Gasteiger partial charge in [-0.15, -0.1) is 0 Å². The lowest BCUT2D eigenvalue weighted by molar-refractivity contribution is 0.338. The Morgan fingerprint density at radius 3 is 2.86 bits per heavy atom. The molecular formula is C9H15BrN4. The predicted molar refractivity (Wildman–Crippen MR) is 59.0 cm³/mol. The average Bonchev–Trinajstić information content (AvgIpc) is 2.61. The van der Waals surface area contributed by atoms with E-state index in [-0.39, 0.29) is 0 Å². The molecule has 1 aromatic rings. The highest BCUT2D eigenvalue weighted by Crippen LogP contribution is 2.25. The van der Waals surface area contributed by atoms with E-state index in [0.717, 1.165) is 36.1 Å². The zero-order valence-corrected chi connectivity index (χ0v) is 9.63. The van der Waals surface area contributed by atoms with Gasteiger partial charge in [-0.2, -0.15) is 5.10 Å². The van der Waals surface area contributed by atoms with Gasteiger partial charge in [-0.05, 0) is 41.9 Å². The predicted octanol–water partition coefficient (Wildman–Crippen LogP) is 1.03. The topological polar surface area (TPSA) is 55.9 Å². The smallest absolute Gasteiger partial charge is 0.108 e. The second-order valence-corrected chi connectivity index (χ2v) is 4.34. The summed E-state index contributed by atoms with van der Waals surface area (Å²) in [5.41, 5.74) is 6.68. The van der Waals surface area contributed by atoms with Crippen molar-refractivity contribution in [1.82, 2.24) is 15.1 Å². The van der Waals surface area contributed by atoms with Crippen LogP contribution < -0.4 is 11.1 Å². The van der Waals surface area contributed by atoms with Crippen molar-refractivity contribution in [2.45, 2.75) is 25.4 Å². The summed E-state index contributed by atoms with van der Waals surface area (Å²) in [5.74, 6) is 0. The number of aromatic nitrogens is 2. The number of hydrogen-bond donors (Lipinski definition) is 2. The molecule has 1 aliphatic rings. The molecule has 1 saturated heterocycles. The normalized spacial score (nSPS) is 18.7. The number of hydrogen-bond acceptors (Lipinski definition) is 3. The molecular weight excluding hydrogens is 244 g/mol. The Morgan fingerprint density at radius 2 is 2.29 bits per heavy atom. The van der Waals surface area contributed by atoms with Crippen molar-refractivity contribution >= 4 is 15.9 Å². The average molecular weight is 259 g/mol. The number of piperidine rings is 1. The quantitative estimate of drug-likeness (QED) is 0.834. The molecule has 3 N–H and O–H groups in total. The van der Waals surface area contributed by atoms with Crippen molar-refractivity contribution in [2.75, 3.05) is 13.1 Å². The molecule has 2 heterocycles. The summed E-state index contributed by atoms with van der Waals surface area (Å²) in [4.78, 5) is 0. The molecule has 0 amide bonds. The van der Waals surface area contributed by atoms with Gasteiger partial charge in [-0.1, -0.05) is 0 Å². The first-order chi connectivity index (χ1) is 6.83. The molecule has 4 nitrogen and oxygen atoms in total. The number of nitrogens with two attached hydrogens (primary N) is 1. The monoisotopic (exact) mass is 258 g/mol. The van der Waals surface area contributed by atoms with Crippen LogP contribution in [-0.4, -0.2) is 22.9 Å². The maximum atomic E-state index is 5.60. The third-order valence-corrected chi connectivity index (χ3v) is 3.55. The van der Waals surface area contributed by atoms with Crippen LogP contribution in [0.2, 0.25) is 0 Å². The third kappa shape index (κ3) is 1.85. The lowest BCUT2D eigenvalue weighted by Crippen LogP contribution is -2.30. The lowest BCUT2D eigenvalue weighted by Gasteiger charge is -2.23. The summed E-state index contributed by atoms with van der Waals surface area (Å²) in [5, 5.41) is 7.72. The summed E-state index contributed by atoms with van der Waals surface area (Å²) in [7, 11) is 0. The summed E-state index contributed by atoms with van der Waals surface area (Å²) >= 11 is 3.55. The molecule has 0 aromatic carbocycles. The van der Waals surface area contributed by atoms with Gasteiger partial charge in [0.2, 0.25) is 0 Å². The van der Waals surface area contributed by atoms with Crippen molar-refractivity contribution in [3.63, 3.8) is 0 Å². The third-order valence-electron chi connectivity index (χ3n) is 2.68. The van der Waals surface area contributed by atoms with Crippen molar-refractivity contribution in [1.29, 1.82) is 0 Å². The fraction of sp³-hybridized carbons (Fsp3) is 0.667. The molecule has 0 aliphatic carbocycles. The van der Waals surface area contributed by atoms with E-state index in [2.05, 4.69) is 31.0 Å². The Balaban J connectivity index is 2.18.